The van der Waals surface area contributed by atoms with Crippen molar-refractivity contribution in [2.24, 2.45) is 11.7 Å². The van der Waals surface area contributed by atoms with E-state index >= 15 is 0 Å². The lowest BCUT2D eigenvalue weighted by atomic mass is 9.88. The number of aliphatic hydroxyl groups excluding tert-OH is 1. The van der Waals surface area contributed by atoms with Gasteiger partial charge in [-0.2, -0.15) is 0 Å². The Labute approximate surface area is 117 Å². The Morgan fingerprint density at radius 1 is 1.26 bits per heavy atom. The van der Waals surface area contributed by atoms with Crippen molar-refractivity contribution in [1.29, 1.82) is 0 Å². The topological polar surface area (TPSA) is 61.5 Å². The van der Waals surface area contributed by atoms with E-state index in [1.54, 1.807) is 0 Å². The molecule has 4 nitrogen and oxygen atoms in total. The van der Waals surface area contributed by atoms with Crippen LogP contribution in [0.4, 0.5) is 0 Å². The normalized spacial score (nSPS) is 37.4. The van der Waals surface area contributed by atoms with Crippen LogP contribution in [0, 0.1) is 5.92 Å². The summed E-state index contributed by atoms with van der Waals surface area (Å²) in [6, 6.07) is 0.474. The number of nitrogens with two attached hydrogens (primary N) is 1. The molecule has 1 saturated heterocycles. The molecule has 0 aromatic heterocycles. The fraction of sp³-hybridized carbons (Fsp3) is 1.00. The van der Waals surface area contributed by atoms with Crippen molar-refractivity contribution in [2.75, 3.05) is 32.8 Å². The Kier molecular flexibility index (Phi) is 5.63. The number of hydrogen-bond donors (Lipinski definition) is 3. The first-order valence-electron chi connectivity index (χ1n) is 8.04. The van der Waals surface area contributed by atoms with Crippen LogP contribution in [0.1, 0.15) is 45.4 Å². The van der Waals surface area contributed by atoms with Crippen molar-refractivity contribution >= 4 is 0 Å². The molecule has 0 aromatic carbocycles. The average Bonchev–Trinajstić information content (AvgIpc) is 2.78. The second-order valence-electron chi connectivity index (χ2n) is 6.40. The standard InChI is InChI=1S/C15H31N3O/c1-2-18-9-4-7-15(12-16,8-10-18)17-14-6-3-5-13(14)11-19/h13-14,17,19H,2-12,16H2,1H3. The summed E-state index contributed by atoms with van der Waals surface area (Å²) >= 11 is 0. The van der Waals surface area contributed by atoms with Crippen molar-refractivity contribution < 1.29 is 5.11 Å². The van der Waals surface area contributed by atoms with Gasteiger partial charge in [-0.1, -0.05) is 13.3 Å². The number of nitrogens with one attached hydrogen (secondary N) is 1. The SMILES string of the molecule is CCN1CCCC(CN)(NC2CCCC2CO)CC1. The summed E-state index contributed by atoms with van der Waals surface area (Å²) in [6.07, 6.45) is 7.15. The molecule has 1 aliphatic carbocycles. The van der Waals surface area contributed by atoms with Crippen molar-refractivity contribution in [3.05, 3.63) is 0 Å². The van der Waals surface area contributed by atoms with Crippen LogP contribution in [0.2, 0.25) is 0 Å². The van der Waals surface area contributed by atoms with E-state index in [4.69, 9.17) is 5.73 Å². The highest BCUT2D eigenvalue weighted by Crippen LogP contribution is 2.30. The van der Waals surface area contributed by atoms with Crippen molar-refractivity contribution in [3.8, 4) is 0 Å². The van der Waals surface area contributed by atoms with Crippen molar-refractivity contribution in [2.45, 2.75) is 57.0 Å². The first-order chi connectivity index (χ1) is 9.23. The Morgan fingerprint density at radius 2 is 2.11 bits per heavy atom. The maximum absolute atomic E-state index is 9.48. The minimum absolute atomic E-state index is 0.104. The lowest BCUT2D eigenvalue weighted by Gasteiger charge is -2.37. The van der Waals surface area contributed by atoms with Gasteiger partial charge in [-0.15, -0.1) is 0 Å². The molecule has 0 radical (unpaired) electrons. The molecule has 1 aliphatic heterocycles. The third kappa shape index (κ3) is 3.69. The number of nitrogens with zero attached hydrogens (tertiary/aromatic N) is 1. The average molecular weight is 269 g/mol. The lowest BCUT2D eigenvalue weighted by molar-refractivity contribution is 0.171. The second-order valence-corrected chi connectivity index (χ2v) is 6.40. The summed E-state index contributed by atoms with van der Waals surface area (Å²) in [4.78, 5) is 2.53. The minimum atomic E-state index is 0.104. The highest BCUT2D eigenvalue weighted by Gasteiger charge is 2.36. The first kappa shape index (κ1) is 15.2. The van der Waals surface area contributed by atoms with Crippen LogP contribution in [0.3, 0.4) is 0 Å². The number of aliphatic hydroxyl groups is 1. The summed E-state index contributed by atoms with van der Waals surface area (Å²) in [5, 5.41) is 13.3. The van der Waals surface area contributed by atoms with Gasteiger partial charge in [0, 0.05) is 24.7 Å². The Bertz CT molecular complexity index is 274. The van der Waals surface area contributed by atoms with Gasteiger partial charge in [0.1, 0.15) is 0 Å². The van der Waals surface area contributed by atoms with Crippen LogP contribution in [0.15, 0.2) is 0 Å². The van der Waals surface area contributed by atoms with Crippen LogP contribution in [0.25, 0.3) is 0 Å². The third-order valence-electron chi connectivity index (χ3n) is 5.26. The zero-order valence-corrected chi connectivity index (χ0v) is 12.4. The predicted molar refractivity (Wildman–Crippen MR) is 79.1 cm³/mol. The lowest BCUT2D eigenvalue weighted by Crippen LogP contribution is -2.56. The van der Waals surface area contributed by atoms with Crippen LogP contribution in [-0.4, -0.2) is 54.4 Å². The van der Waals surface area contributed by atoms with Gasteiger partial charge in [-0.25, -0.2) is 0 Å². The van der Waals surface area contributed by atoms with Gasteiger partial charge in [0.05, 0.1) is 0 Å². The Balaban J connectivity index is 1.97. The van der Waals surface area contributed by atoms with E-state index in [1.165, 1.54) is 32.2 Å². The van der Waals surface area contributed by atoms with Crippen molar-refractivity contribution in [1.82, 2.24) is 10.2 Å². The molecule has 19 heavy (non-hydrogen) atoms. The largest absolute Gasteiger partial charge is 0.396 e. The molecular weight excluding hydrogens is 238 g/mol. The molecule has 3 atom stereocenters. The van der Waals surface area contributed by atoms with Crippen molar-refractivity contribution in [3.63, 3.8) is 0 Å². The van der Waals surface area contributed by atoms with Crippen LogP contribution in [-0.2, 0) is 0 Å². The number of hydrogen-bond acceptors (Lipinski definition) is 4. The molecule has 0 amide bonds. The molecular formula is C15H31N3O. The smallest absolute Gasteiger partial charge is 0.0474 e. The van der Waals surface area contributed by atoms with E-state index in [0.29, 0.717) is 18.6 Å². The summed E-state index contributed by atoms with van der Waals surface area (Å²) in [5.41, 5.74) is 6.22. The van der Waals surface area contributed by atoms with Gasteiger partial charge in [-0.3, -0.25) is 0 Å². The van der Waals surface area contributed by atoms with E-state index in [0.717, 1.165) is 32.5 Å². The highest BCUT2D eigenvalue weighted by molar-refractivity contribution is 4.97. The summed E-state index contributed by atoms with van der Waals surface area (Å²) in [6.45, 7) is 6.77. The van der Waals surface area contributed by atoms with Gasteiger partial charge in [0.2, 0.25) is 0 Å². The minimum Gasteiger partial charge on any atom is -0.396 e. The van der Waals surface area contributed by atoms with Crippen LogP contribution < -0.4 is 11.1 Å². The Hall–Kier alpha value is -0.160. The molecule has 112 valence electrons. The van der Waals surface area contributed by atoms with Gasteiger partial charge >= 0.3 is 0 Å². The number of rotatable bonds is 5. The van der Waals surface area contributed by atoms with E-state index in [-0.39, 0.29) is 5.54 Å². The molecule has 2 rings (SSSR count). The van der Waals surface area contributed by atoms with Gasteiger partial charge in [0.15, 0.2) is 0 Å². The Morgan fingerprint density at radius 3 is 2.79 bits per heavy atom. The monoisotopic (exact) mass is 269 g/mol. The van der Waals surface area contributed by atoms with Crippen LogP contribution in [0.5, 0.6) is 0 Å². The molecule has 4 heteroatoms. The summed E-state index contributed by atoms with van der Waals surface area (Å²) in [7, 11) is 0. The first-order valence-corrected chi connectivity index (χ1v) is 8.04. The van der Waals surface area contributed by atoms with Gasteiger partial charge < -0.3 is 21.1 Å². The van der Waals surface area contributed by atoms with Gasteiger partial charge in [0.25, 0.3) is 0 Å². The highest BCUT2D eigenvalue weighted by atomic mass is 16.3. The molecule has 2 aliphatic rings. The van der Waals surface area contributed by atoms with E-state index in [2.05, 4.69) is 17.1 Å². The van der Waals surface area contributed by atoms with E-state index in [9.17, 15) is 5.11 Å². The molecule has 0 aromatic rings. The van der Waals surface area contributed by atoms with E-state index < -0.39 is 0 Å². The van der Waals surface area contributed by atoms with Gasteiger partial charge in [-0.05, 0) is 57.7 Å². The fourth-order valence-electron chi connectivity index (χ4n) is 3.81. The molecule has 0 bridgehead atoms. The van der Waals surface area contributed by atoms with E-state index in [1.807, 2.05) is 0 Å². The zero-order chi connectivity index (χ0) is 13.7. The maximum atomic E-state index is 9.48. The summed E-state index contributed by atoms with van der Waals surface area (Å²) in [5.74, 6) is 0.439. The number of likely N-dealkylation sites (tertiary alicyclic amines) is 1. The maximum Gasteiger partial charge on any atom is 0.0474 e. The quantitative estimate of drug-likeness (QED) is 0.695. The second kappa shape index (κ2) is 7.02. The zero-order valence-electron chi connectivity index (χ0n) is 12.4. The molecule has 3 unspecified atom stereocenters. The molecule has 2 fully saturated rings. The molecule has 4 N–H and O–H groups in total. The third-order valence-corrected chi connectivity index (χ3v) is 5.26. The fourth-order valence-corrected chi connectivity index (χ4v) is 3.81. The molecule has 1 heterocycles. The molecule has 0 spiro atoms. The van der Waals surface area contributed by atoms with Crippen LogP contribution >= 0.6 is 0 Å². The molecule has 1 saturated carbocycles. The predicted octanol–water partition coefficient (Wildman–Crippen LogP) is 0.940. The summed E-state index contributed by atoms with van der Waals surface area (Å²) < 4.78 is 0.